The van der Waals surface area contributed by atoms with E-state index in [0.29, 0.717) is 27.2 Å². The Morgan fingerprint density at radius 1 is 1.21 bits per heavy atom. The van der Waals surface area contributed by atoms with Crippen LogP contribution in [0.1, 0.15) is 56.0 Å². The second kappa shape index (κ2) is 7.55. The number of nitrogens with zero attached hydrogens (tertiary/aromatic N) is 2. The van der Waals surface area contributed by atoms with Crippen LogP contribution in [0.15, 0.2) is 30.3 Å². The van der Waals surface area contributed by atoms with Gasteiger partial charge in [0, 0.05) is 28.6 Å². The lowest BCUT2D eigenvalue weighted by atomic mass is 10.1. The second-order valence-corrected chi connectivity index (χ2v) is 8.32. The molecule has 150 valence electrons. The van der Waals surface area contributed by atoms with E-state index in [1.54, 1.807) is 19.1 Å². The summed E-state index contributed by atoms with van der Waals surface area (Å²) in [7, 11) is 0. The third kappa shape index (κ3) is 3.87. The summed E-state index contributed by atoms with van der Waals surface area (Å²) < 4.78 is 20.6. The zero-order valence-electron chi connectivity index (χ0n) is 16.5. The minimum absolute atomic E-state index is 0.209. The lowest BCUT2D eigenvalue weighted by Crippen LogP contribution is -2.15. The molecule has 5 nitrogen and oxygen atoms in total. The first-order valence-corrected chi connectivity index (χ1v) is 10.3. The van der Waals surface area contributed by atoms with Crippen LogP contribution in [0.2, 0.25) is 0 Å². The Balaban J connectivity index is 1.45. The molecule has 1 aliphatic rings. The largest absolute Gasteiger partial charge is 0.453 e. The van der Waals surface area contributed by atoms with Gasteiger partial charge in [0.05, 0.1) is 5.69 Å². The zero-order valence-corrected chi connectivity index (χ0v) is 17.3. The number of thiazole rings is 1. The van der Waals surface area contributed by atoms with E-state index in [0.717, 1.165) is 29.8 Å². The number of Topliss-reactive ketones (excluding diaryl/α,β-unsaturated/α-hetero) is 1. The standard InChI is InChI=1S/C22H21FN2O3S/c1-12-10-18(14(3)25(12)17-8-9-17)19(26)11-28-22(27)20-13(2)24-21(29-20)15-4-6-16(23)7-5-15/h4-7,10,17H,8-9,11H2,1-3H3. The molecule has 3 aromatic rings. The van der Waals surface area contributed by atoms with E-state index < -0.39 is 5.97 Å². The molecule has 0 bridgehead atoms. The van der Waals surface area contributed by atoms with Gasteiger partial charge in [-0.1, -0.05) is 0 Å². The highest BCUT2D eigenvalue weighted by molar-refractivity contribution is 7.17. The number of hydrogen-bond acceptors (Lipinski definition) is 5. The molecule has 0 N–H and O–H groups in total. The summed E-state index contributed by atoms with van der Waals surface area (Å²) in [5.74, 6) is -1.11. The van der Waals surface area contributed by atoms with Gasteiger partial charge in [-0.2, -0.15) is 0 Å². The van der Waals surface area contributed by atoms with Crippen LogP contribution >= 0.6 is 11.3 Å². The molecule has 4 rings (SSSR count). The molecule has 0 spiro atoms. The van der Waals surface area contributed by atoms with E-state index in [2.05, 4.69) is 9.55 Å². The quantitative estimate of drug-likeness (QED) is 0.420. The first-order valence-electron chi connectivity index (χ1n) is 9.47. The van der Waals surface area contributed by atoms with Crippen molar-refractivity contribution in [1.82, 2.24) is 9.55 Å². The Morgan fingerprint density at radius 2 is 1.90 bits per heavy atom. The molecule has 1 fully saturated rings. The molecule has 2 heterocycles. The predicted molar refractivity (Wildman–Crippen MR) is 109 cm³/mol. The van der Waals surface area contributed by atoms with E-state index in [1.807, 2.05) is 19.9 Å². The fraction of sp³-hybridized carbons (Fsp3) is 0.318. The third-order valence-electron chi connectivity index (χ3n) is 5.10. The van der Waals surface area contributed by atoms with E-state index in [4.69, 9.17) is 4.74 Å². The number of carbonyl (C=O) groups excluding carboxylic acids is 2. The Hall–Kier alpha value is -2.80. The minimum atomic E-state index is -0.572. The van der Waals surface area contributed by atoms with Crippen molar-refractivity contribution < 1.29 is 18.7 Å². The highest BCUT2D eigenvalue weighted by Crippen LogP contribution is 2.38. The maximum Gasteiger partial charge on any atom is 0.350 e. The van der Waals surface area contributed by atoms with Crippen LogP contribution in [0.5, 0.6) is 0 Å². The van der Waals surface area contributed by atoms with E-state index in [9.17, 15) is 14.0 Å². The number of rotatable bonds is 6. The number of aromatic nitrogens is 2. The summed E-state index contributed by atoms with van der Waals surface area (Å²) in [5, 5.41) is 0.605. The predicted octanol–water partition coefficient (Wildman–Crippen LogP) is 5.05. The van der Waals surface area contributed by atoms with Crippen LogP contribution in [0.25, 0.3) is 10.6 Å². The van der Waals surface area contributed by atoms with Gasteiger partial charge in [-0.3, -0.25) is 4.79 Å². The summed E-state index contributed by atoms with van der Waals surface area (Å²) in [6.45, 7) is 5.33. The Kier molecular flexibility index (Phi) is 5.08. The highest BCUT2D eigenvalue weighted by atomic mass is 32.1. The number of ketones is 1. The summed E-state index contributed by atoms with van der Waals surface area (Å²) >= 11 is 1.17. The maximum absolute atomic E-state index is 13.1. The summed E-state index contributed by atoms with van der Waals surface area (Å²) in [5.41, 5.74) is 3.84. The van der Waals surface area contributed by atoms with Crippen LogP contribution in [-0.2, 0) is 4.74 Å². The normalized spacial score (nSPS) is 13.5. The minimum Gasteiger partial charge on any atom is -0.453 e. The monoisotopic (exact) mass is 412 g/mol. The fourth-order valence-corrected chi connectivity index (χ4v) is 4.50. The van der Waals surface area contributed by atoms with E-state index >= 15 is 0 Å². The first kappa shape index (κ1) is 19.5. The van der Waals surface area contributed by atoms with Crippen LogP contribution < -0.4 is 0 Å². The van der Waals surface area contributed by atoms with Crippen molar-refractivity contribution >= 4 is 23.1 Å². The SMILES string of the molecule is Cc1nc(-c2ccc(F)cc2)sc1C(=O)OCC(=O)c1cc(C)n(C2CC2)c1C. The molecule has 1 aromatic carbocycles. The lowest BCUT2D eigenvalue weighted by molar-refractivity contribution is 0.0478. The summed E-state index contributed by atoms with van der Waals surface area (Å²) in [6, 6.07) is 8.28. The molecule has 0 saturated heterocycles. The zero-order chi connectivity index (χ0) is 20.7. The Morgan fingerprint density at radius 3 is 2.55 bits per heavy atom. The number of benzene rings is 1. The molecular weight excluding hydrogens is 391 g/mol. The maximum atomic E-state index is 13.1. The van der Waals surface area contributed by atoms with Gasteiger partial charge in [0.15, 0.2) is 6.61 Å². The van der Waals surface area contributed by atoms with Crippen molar-refractivity contribution in [2.45, 2.75) is 39.7 Å². The topological polar surface area (TPSA) is 61.2 Å². The number of ether oxygens (including phenoxy) is 1. The van der Waals surface area contributed by atoms with Gasteiger partial charge in [0.2, 0.25) is 5.78 Å². The molecule has 0 amide bonds. The molecule has 1 saturated carbocycles. The lowest BCUT2D eigenvalue weighted by Gasteiger charge is -2.07. The third-order valence-corrected chi connectivity index (χ3v) is 6.29. The molecule has 1 aliphatic carbocycles. The van der Waals surface area contributed by atoms with E-state index in [1.165, 1.54) is 23.5 Å². The number of esters is 1. The Bertz CT molecular complexity index is 1090. The Labute approximate surface area is 172 Å². The molecular formula is C22H21FN2O3S. The van der Waals surface area contributed by atoms with Crippen molar-refractivity contribution in [3.8, 4) is 10.6 Å². The molecule has 29 heavy (non-hydrogen) atoms. The molecule has 0 atom stereocenters. The highest BCUT2D eigenvalue weighted by Gasteiger charge is 2.28. The number of hydrogen-bond donors (Lipinski definition) is 0. The van der Waals surface area contributed by atoms with Crippen LogP contribution in [0, 0.1) is 26.6 Å². The average molecular weight is 412 g/mol. The first-order chi connectivity index (χ1) is 13.8. The van der Waals surface area contributed by atoms with Crippen LogP contribution in [0.3, 0.4) is 0 Å². The van der Waals surface area contributed by atoms with Gasteiger partial charge in [-0.25, -0.2) is 14.2 Å². The van der Waals surface area contributed by atoms with E-state index in [-0.39, 0.29) is 18.2 Å². The second-order valence-electron chi connectivity index (χ2n) is 7.33. The molecule has 7 heteroatoms. The van der Waals surface area contributed by atoms with Gasteiger partial charge >= 0.3 is 5.97 Å². The van der Waals surface area contributed by atoms with Gasteiger partial charge in [0.25, 0.3) is 0 Å². The van der Waals surface area contributed by atoms with Gasteiger partial charge < -0.3 is 9.30 Å². The molecule has 0 unspecified atom stereocenters. The summed E-state index contributed by atoms with van der Waals surface area (Å²) in [6.07, 6.45) is 2.28. The van der Waals surface area contributed by atoms with Crippen molar-refractivity contribution in [1.29, 1.82) is 0 Å². The number of halogens is 1. The number of carbonyl (C=O) groups is 2. The fourth-order valence-electron chi connectivity index (χ4n) is 3.53. The van der Waals surface area contributed by atoms with Gasteiger partial charge in [-0.15, -0.1) is 11.3 Å². The summed E-state index contributed by atoms with van der Waals surface area (Å²) in [4.78, 5) is 29.8. The average Bonchev–Trinajstić information content (AvgIpc) is 3.37. The van der Waals surface area contributed by atoms with Crippen LogP contribution in [-0.4, -0.2) is 27.9 Å². The number of aryl methyl sites for hydroxylation is 2. The molecule has 0 radical (unpaired) electrons. The van der Waals surface area contributed by atoms with Crippen LogP contribution in [0.4, 0.5) is 4.39 Å². The van der Waals surface area contributed by atoms with Crippen molar-refractivity contribution in [3.63, 3.8) is 0 Å². The van der Waals surface area contributed by atoms with Crippen molar-refractivity contribution in [2.75, 3.05) is 6.61 Å². The smallest absolute Gasteiger partial charge is 0.350 e. The molecule has 0 aliphatic heterocycles. The van der Waals surface area contributed by atoms with Gasteiger partial charge in [0.1, 0.15) is 15.7 Å². The van der Waals surface area contributed by atoms with Crippen molar-refractivity contribution in [3.05, 3.63) is 63.7 Å². The molecule has 2 aromatic heterocycles. The van der Waals surface area contributed by atoms with Crippen molar-refractivity contribution in [2.24, 2.45) is 0 Å². The van der Waals surface area contributed by atoms with Gasteiger partial charge in [-0.05, 0) is 63.9 Å².